The number of ether oxygens (including phenoxy) is 2. The zero-order chi connectivity index (χ0) is 25.6. The number of alkyl carbamates (subject to hydrolysis) is 1. The molecule has 2 aromatic rings. The molecule has 1 aliphatic rings. The highest BCUT2D eigenvalue weighted by Crippen LogP contribution is 2.32. The molecule has 0 spiro atoms. The van der Waals surface area contributed by atoms with Crippen LogP contribution in [-0.2, 0) is 22.5 Å². The first-order chi connectivity index (χ1) is 16.6. The Morgan fingerprint density at radius 2 is 2.03 bits per heavy atom. The van der Waals surface area contributed by atoms with E-state index >= 15 is 0 Å². The second kappa shape index (κ2) is 11.9. The van der Waals surface area contributed by atoms with Crippen molar-refractivity contribution < 1.29 is 24.2 Å². The Morgan fingerprint density at radius 3 is 2.69 bits per heavy atom. The topological polar surface area (TPSA) is 101 Å². The molecule has 1 heterocycles. The molecule has 35 heavy (non-hydrogen) atoms. The van der Waals surface area contributed by atoms with E-state index < -0.39 is 17.6 Å². The fourth-order valence-corrected chi connectivity index (χ4v) is 4.63. The van der Waals surface area contributed by atoms with Gasteiger partial charge >= 0.3 is 6.09 Å². The third-order valence-electron chi connectivity index (χ3n) is 5.87. The summed E-state index contributed by atoms with van der Waals surface area (Å²) in [6.45, 7) is 10.4. The number of benzene rings is 1. The standard InChI is InChI=1S/C26H37N3O5S/c1-17-7-6-8-19(18(17)2)16-29(21-9-10-21)23(31)20(14-27-24(32)34-26(3,4)5)13-22-15-28-25(35-22)33-12-11-30/h6-8,15,20-21,30H,9-14,16H2,1-5H3,(H,27,32). The van der Waals surface area contributed by atoms with Gasteiger partial charge in [0.1, 0.15) is 12.2 Å². The number of amides is 2. The van der Waals surface area contributed by atoms with Gasteiger partial charge in [-0.2, -0.15) is 0 Å². The van der Waals surface area contributed by atoms with Crippen LogP contribution in [0.3, 0.4) is 0 Å². The molecule has 1 aliphatic carbocycles. The monoisotopic (exact) mass is 503 g/mol. The molecule has 0 aliphatic heterocycles. The minimum atomic E-state index is -0.622. The first-order valence-corrected chi connectivity index (χ1v) is 12.9. The lowest BCUT2D eigenvalue weighted by Crippen LogP contribution is -2.44. The molecule has 2 N–H and O–H groups in total. The lowest BCUT2D eigenvalue weighted by Gasteiger charge is -2.29. The van der Waals surface area contributed by atoms with Gasteiger partial charge in [-0.25, -0.2) is 9.78 Å². The molecule has 1 aromatic carbocycles. The van der Waals surface area contributed by atoms with Gasteiger partial charge in [-0.15, -0.1) is 0 Å². The Labute approximate surface area is 211 Å². The SMILES string of the molecule is Cc1cccc(CN(C(=O)C(CNC(=O)OC(C)(C)C)Cc2cnc(OCCO)s2)C2CC2)c1C. The highest BCUT2D eigenvalue weighted by atomic mass is 32.1. The zero-order valence-electron chi connectivity index (χ0n) is 21.3. The van der Waals surface area contributed by atoms with Gasteiger partial charge in [0.15, 0.2) is 0 Å². The minimum Gasteiger partial charge on any atom is -0.468 e. The van der Waals surface area contributed by atoms with E-state index in [2.05, 4.69) is 36.3 Å². The summed E-state index contributed by atoms with van der Waals surface area (Å²) in [5.74, 6) is -0.463. The van der Waals surface area contributed by atoms with Crippen LogP contribution < -0.4 is 10.1 Å². The fourth-order valence-electron chi connectivity index (χ4n) is 3.77. The van der Waals surface area contributed by atoms with Crippen LogP contribution in [0.1, 0.15) is 55.2 Å². The van der Waals surface area contributed by atoms with E-state index in [1.165, 1.54) is 22.5 Å². The van der Waals surface area contributed by atoms with Gasteiger partial charge < -0.3 is 24.8 Å². The van der Waals surface area contributed by atoms with Gasteiger partial charge in [-0.3, -0.25) is 4.79 Å². The fraction of sp³-hybridized carbons (Fsp3) is 0.577. The molecule has 0 radical (unpaired) electrons. The molecule has 9 heteroatoms. The number of aliphatic hydroxyl groups is 1. The molecular weight excluding hydrogens is 466 g/mol. The van der Waals surface area contributed by atoms with E-state index in [0.717, 1.165) is 23.3 Å². The number of hydrogen-bond donors (Lipinski definition) is 2. The van der Waals surface area contributed by atoms with Crippen LogP contribution in [0.25, 0.3) is 0 Å². The molecule has 1 atom stereocenters. The number of nitrogens with zero attached hydrogens (tertiary/aromatic N) is 2. The summed E-state index contributed by atoms with van der Waals surface area (Å²) in [5, 5.41) is 12.2. The van der Waals surface area contributed by atoms with Crippen molar-refractivity contribution in [1.29, 1.82) is 0 Å². The van der Waals surface area contributed by atoms with Crippen molar-refractivity contribution in [1.82, 2.24) is 15.2 Å². The van der Waals surface area contributed by atoms with Crippen molar-refractivity contribution >= 4 is 23.3 Å². The number of aryl methyl sites for hydroxylation is 1. The second-order valence-electron chi connectivity index (χ2n) is 10.0. The first kappa shape index (κ1) is 26.9. The van der Waals surface area contributed by atoms with Gasteiger partial charge in [0, 0.05) is 30.2 Å². The minimum absolute atomic E-state index is 0.00990. The number of rotatable bonds is 11. The number of thiazole rings is 1. The van der Waals surface area contributed by atoms with Gasteiger partial charge in [0.25, 0.3) is 5.19 Å². The van der Waals surface area contributed by atoms with Crippen LogP contribution in [0.4, 0.5) is 4.79 Å². The molecule has 1 saturated carbocycles. The predicted molar refractivity (Wildman–Crippen MR) is 136 cm³/mol. The number of nitrogens with one attached hydrogen (secondary N) is 1. The maximum absolute atomic E-state index is 13.9. The van der Waals surface area contributed by atoms with E-state index in [0.29, 0.717) is 18.2 Å². The van der Waals surface area contributed by atoms with Crippen molar-refractivity contribution in [3.8, 4) is 5.19 Å². The second-order valence-corrected chi connectivity index (χ2v) is 11.1. The first-order valence-electron chi connectivity index (χ1n) is 12.1. The molecule has 1 aromatic heterocycles. The van der Waals surface area contributed by atoms with Crippen molar-refractivity contribution in [2.24, 2.45) is 5.92 Å². The molecule has 0 saturated heterocycles. The van der Waals surface area contributed by atoms with Crippen LogP contribution in [-0.4, -0.2) is 58.4 Å². The summed E-state index contributed by atoms with van der Waals surface area (Å²) >= 11 is 1.35. The lowest BCUT2D eigenvalue weighted by atomic mass is 10.00. The van der Waals surface area contributed by atoms with Crippen LogP contribution in [0.5, 0.6) is 5.19 Å². The summed E-state index contributed by atoms with van der Waals surface area (Å²) in [7, 11) is 0. The quantitative estimate of drug-likeness (QED) is 0.481. The Balaban J connectivity index is 1.78. The average molecular weight is 504 g/mol. The molecule has 1 unspecified atom stereocenters. The molecule has 2 amide bonds. The average Bonchev–Trinajstić information content (AvgIpc) is 3.53. The molecule has 192 valence electrons. The Kier molecular flexibility index (Phi) is 9.13. The summed E-state index contributed by atoms with van der Waals surface area (Å²) in [6.07, 6.45) is 3.55. The summed E-state index contributed by atoms with van der Waals surface area (Å²) in [5.41, 5.74) is 2.92. The Morgan fingerprint density at radius 1 is 1.29 bits per heavy atom. The highest BCUT2D eigenvalue weighted by molar-refractivity contribution is 7.13. The van der Waals surface area contributed by atoms with Gasteiger partial charge in [0.2, 0.25) is 5.91 Å². The number of aliphatic hydroxyl groups excluding tert-OH is 1. The Hall–Kier alpha value is -2.65. The van der Waals surface area contributed by atoms with Gasteiger partial charge in [-0.1, -0.05) is 29.5 Å². The number of carbonyl (C=O) groups excluding carboxylic acids is 2. The number of aromatic nitrogens is 1. The van der Waals surface area contributed by atoms with Crippen molar-refractivity contribution in [3.05, 3.63) is 46.0 Å². The normalized spacial score (nSPS) is 14.3. The van der Waals surface area contributed by atoms with Crippen LogP contribution in [0.2, 0.25) is 0 Å². The number of hydrogen-bond acceptors (Lipinski definition) is 7. The van der Waals surface area contributed by atoms with Crippen LogP contribution >= 0.6 is 11.3 Å². The maximum Gasteiger partial charge on any atom is 0.407 e. The van der Waals surface area contributed by atoms with Crippen molar-refractivity contribution in [2.45, 2.75) is 72.1 Å². The lowest BCUT2D eigenvalue weighted by molar-refractivity contribution is -0.136. The van der Waals surface area contributed by atoms with Crippen molar-refractivity contribution in [3.63, 3.8) is 0 Å². The summed E-state index contributed by atoms with van der Waals surface area (Å²) in [6, 6.07) is 6.40. The van der Waals surface area contributed by atoms with Crippen LogP contribution in [0.15, 0.2) is 24.4 Å². The molecule has 0 bridgehead atoms. The predicted octanol–water partition coefficient (Wildman–Crippen LogP) is 4.01. The summed E-state index contributed by atoms with van der Waals surface area (Å²) < 4.78 is 10.8. The Bertz CT molecular complexity index is 1010. The van der Waals surface area contributed by atoms with E-state index in [-0.39, 0.29) is 31.7 Å². The molecule has 3 rings (SSSR count). The third kappa shape index (κ3) is 8.21. The van der Waals surface area contributed by atoms with Gasteiger partial charge in [-0.05, 0) is 70.6 Å². The third-order valence-corrected chi connectivity index (χ3v) is 6.80. The molecule has 8 nitrogen and oxygen atoms in total. The van der Waals surface area contributed by atoms with Gasteiger partial charge in [0.05, 0.1) is 12.5 Å². The van der Waals surface area contributed by atoms with E-state index in [9.17, 15) is 9.59 Å². The van der Waals surface area contributed by atoms with E-state index in [4.69, 9.17) is 14.6 Å². The van der Waals surface area contributed by atoms with Crippen molar-refractivity contribution in [2.75, 3.05) is 19.8 Å². The number of carbonyl (C=O) groups is 2. The maximum atomic E-state index is 13.9. The smallest absolute Gasteiger partial charge is 0.407 e. The largest absolute Gasteiger partial charge is 0.468 e. The van der Waals surface area contributed by atoms with E-state index in [1.54, 1.807) is 27.0 Å². The van der Waals surface area contributed by atoms with E-state index in [1.807, 2.05) is 11.0 Å². The zero-order valence-corrected chi connectivity index (χ0v) is 22.1. The molecular formula is C26H37N3O5S. The highest BCUT2D eigenvalue weighted by Gasteiger charge is 2.36. The van der Waals surface area contributed by atoms with Crippen LogP contribution in [0, 0.1) is 19.8 Å². The molecule has 1 fully saturated rings. The summed E-state index contributed by atoms with van der Waals surface area (Å²) in [4.78, 5) is 33.3.